The number of hydrogen-bond acceptors (Lipinski definition) is 2. The Labute approximate surface area is 143 Å². The number of benzene rings is 1. The molecule has 2 aromatic heterocycles. The number of aryl methyl sites for hydroxylation is 1. The van der Waals surface area contributed by atoms with Crippen molar-refractivity contribution in [3.8, 4) is 0 Å². The van der Waals surface area contributed by atoms with Crippen molar-refractivity contribution >= 4 is 32.8 Å². The Morgan fingerprint density at radius 2 is 2.09 bits per heavy atom. The van der Waals surface area contributed by atoms with E-state index in [0.717, 1.165) is 27.7 Å². The minimum Gasteiger partial charge on any atom is -0.459 e. The molecule has 0 saturated heterocycles. The molecule has 0 N–H and O–H groups in total. The van der Waals surface area contributed by atoms with Gasteiger partial charge < -0.3 is 13.9 Å². The summed E-state index contributed by atoms with van der Waals surface area (Å²) < 4.78 is 8.74. The Bertz CT molecular complexity index is 817. The third-order valence-corrected chi connectivity index (χ3v) is 4.61. The molecule has 120 valence electrons. The number of rotatable bonds is 4. The van der Waals surface area contributed by atoms with E-state index >= 15 is 0 Å². The molecule has 0 spiro atoms. The average molecular weight is 375 g/mol. The molecule has 1 amide bonds. The lowest BCUT2D eigenvalue weighted by atomic mass is 10.2. The van der Waals surface area contributed by atoms with Gasteiger partial charge in [0.1, 0.15) is 17.0 Å². The van der Waals surface area contributed by atoms with Gasteiger partial charge in [0.25, 0.3) is 5.91 Å². The predicted molar refractivity (Wildman–Crippen MR) is 94.5 cm³/mol. The summed E-state index contributed by atoms with van der Waals surface area (Å²) in [7, 11) is 1.81. The molecular weight excluding hydrogens is 356 g/mol. The number of halogens is 1. The molecule has 0 radical (unpaired) electrons. The van der Waals surface area contributed by atoms with Crippen LogP contribution in [0.5, 0.6) is 0 Å². The number of furan rings is 1. The number of fused-ring (bicyclic) bond motifs is 1. The molecule has 0 fully saturated rings. The largest absolute Gasteiger partial charge is 0.459 e. The Balaban J connectivity index is 1.88. The second-order valence-corrected chi connectivity index (χ2v) is 6.52. The number of carbonyl (C=O) groups excluding carboxylic acids is 1. The first-order chi connectivity index (χ1) is 11.0. The normalized spacial score (nSPS) is 12.5. The molecule has 0 saturated carbocycles. The summed E-state index contributed by atoms with van der Waals surface area (Å²) >= 11 is 3.44. The molecule has 1 unspecified atom stereocenters. The summed E-state index contributed by atoms with van der Waals surface area (Å²) in [5.74, 6) is 0.765. The molecule has 0 bridgehead atoms. The predicted octanol–water partition coefficient (Wildman–Crippen LogP) is 4.85. The number of amides is 1. The molecule has 3 aromatic rings. The van der Waals surface area contributed by atoms with Gasteiger partial charge in [-0.3, -0.25) is 4.79 Å². The number of nitrogens with zero attached hydrogens (tertiary/aromatic N) is 2. The van der Waals surface area contributed by atoms with E-state index in [-0.39, 0.29) is 11.9 Å². The van der Waals surface area contributed by atoms with Crippen LogP contribution >= 0.6 is 15.9 Å². The maximum absolute atomic E-state index is 12.8. The third-order valence-electron chi connectivity index (χ3n) is 4.18. The van der Waals surface area contributed by atoms with Crippen molar-refractivity contribution in [2.75, 3.05) is 7.05 Å². The zero-order valence-corrected chi connectivity index (χ0v) is 15.0. The van der Waals surface area contributed by atoms with Crippen LogP contribution in [0.2, 0.25) is 0 Å². The molecule has 23 heavy (non-hydrogen) atoms. The van der Waals surface area contributed by atoms with Crippen molar-refractivity contribution in [3.63, 3.8) is 0 Å². The van der Waals surface area contributed by atoms with Crippen LogP contribution in [0.25, 0.3) is 11.0 Å². The molecule has 1 aromatic carbocycles. The SMILES string of the molecule is CCn1cc(Br)cc1C(=O)N(C)C(C)c1cc2ccccc2o1. The van der Waals surface area contributed by atoms with Crippen LogP contribution in [0.1, 0.15) is 36.1 Å². The lowest BCUT2D eigenvalue weighted by molar-refractivity contribution is 0.0716. The van der Waals surface area contributed by atoms with Gasteiger partial charge in [-0.05, 0) is 48.0 Å². The van der Waals surface area contributed by atoms with E-state index in [1.165, 1.54) is 0 Å². The molecule has 1 atom stereocenters. The number of aromatic nitrogens is 1. The molecule has 0 aliphatic heterocycles. The van der Waals surface area contributed by atoms with Gasteiger partial charge in [0.15, 0.2) is 0 Å². The van der Waals surface area contributed by atoms with Gasteiger partial charge >= 0.3 is 0 Å². The molecule has 0 aliphatic carbocycles. The standard InChI is InChI=1S/C18H19BrN2O2/c1-4-21-11-14(19)10-15(21)18(22)20(3)12(2)17-9-13-7-5-6-8-16(13)23-17/h5-12H,4H2,1-3H3. The first-order valence-corrected chi connectivity index (χ1v) is 8.42. The summed E-state index contributed by atoms with van der Waals surface area (Å²) in [6.45, 7) is 4.75. The molecule has 4 nitrogen and oxygen atoms in total. The zero-order valence-electron chi connectivity index (χ0n) is 13.4. The topological polar surface area (TPSA) is 38.4 Å². The van der Waals surface area contributed by atoms with Gasteiger partial charge in [-0.2, -0.15) is 0 Å². The highest BCUT2D eigenvalue weighted by Gasteiger charge is 2.24. The van der Waals surface area contributed by atoms with Crippen molar-refractivity contribution in [2.24, 2.45) is 0 Å². The summed E-state index contributed by atoms with van der Waals surface area (Å²) in [4.78, 5) is 14.5. The van der Waals surface area contributed by atoms with E-state index in [0.29, 0.717) is 5.69 Å². The van der Waals surface area contributed by atoms with Gasteiger partial charge in [-0.1, -0.05) is 18.2 Å². The highest BCUT2D eigenvalue weighted by Crippen LogP contribution is 2.28. The van der Waals surface area contributed by atoms with Crippen LogP contribution in [0.4, 0.5) is 0 Å². The second-order valence-electron chi connectivity index (χ2n) is 5.61. The first-order valence-electron chi connectivity index (χ1n) is 7.62. The van der Waals surface area contributed by atoms with Crippen LogP contribution in [0.15, 0.2) is 51.5 Å². The smallest absolute Gasteiger partial charge is 0.270 e. The van der Waals surface area contributed by atoms with Crippen LogP contribution in [0.3, 0.4) is 0 Å². The minimum atomic E-state index is -0.145. The van der Waals surface area contributed by atoms with Crippen molar-refractivity contribution in [1.29, 1.82) is 0 Å². The Morgan fingerprint density at radius 1 is 1.35 bits per heavy atom. The van der Waals surface area contributed by atoms with E-state index in [1.807, 2.05) is 61.0 Å². The van der Waals surface area contributed by atoms with Gasteiger partial charge in [0, 0.05) is 29.6 Å². The zero-order chi connectivity index (χ0) is 16.6. The van der Waals surface area contributed by atoms with Crippen molar-refractivity contribution < 1.29 is 9.21 Å². The fourth-order valence-corrected chi connectivity index (χ4v) is 3.14. The maximum atomic E-state index is 12.8. The summed E-state index contributed by atoms with van der Waals surface area (Å²) in [5.41, 5.74) is 1.51. The summed E-state index contributed by atoms with van der Waals surface area (Å²) in [6, 6.07) is 11.6. The lowest BCUT2D eigenvalue weighted by Crippen LogP contribution is -2.31. The van der Waals surface area contributed by atoms with Gasteiger partial charge in [0.2, 0.25) is 0 Å². The summed E-state index contributed by atoms with van der Waals surface area (Å²) in [6.07, 6.45) is 1.92. The van der Waals surface area contributed by atoms with Crippen molar-refractivity contribution in [3.05, 3.63) is 58.5 Å². The Morgan fingerprint density at radius 3 is 2.78 bits per heavy atom. The third kappa shape index (κ3) is 2.93. The average Bonchev–Trinajstić information content (AvgIpc) is 3.15. The molecular formula is C18H19BrN2O2. The van der Waals surface area contributed by atoms with Crippen LogP contribution in [-0.4, -0.2) is 22.4 Å². The number of carbonyl (C=O) groups is 1. The van der Waals surface area contributed by atoms with Gasteiger partial charge in [-0.15, -0.1) is 0 Å². The van der Waals surface area contributed by atoms with Crippen LogP contribution in [0, 0.1) is 0 Å². The minimum absolute atomic E-state index is 0.0227. The van der Waals surface area contributed by atoms with Crippen molar-refractivity contribution in [1.82, 2.24) is 9.47 Å². The molecule has 5 heteroatoms. The highest BCUT2D eigenvalue weighted by molar-refractivity contribution is 9.10. The monoisotopic (exact) mass is 374 g/mol. The summed E-state index contributed by atoms with van der Waals surface area (Å²) in [5, 5.41) is 1.05. The Hall–Kier alpha value is -2.01. The van der Waals surface area contributed by atoms with E-state index in [1.54, 1.807) is 11.9 Å². The van der Waals surface area contributed by atoms with Gasteiger partial charge in [-0.25, -0.2) is 0 Å². The fraction of sp³-hybridized carbons (Fsp3) is 0.278. The van der Waals surface area contributed by atoms with E-state index in [4.69, 9.17) is 4.42 Å². The quantitative estimate of drug-likeness (QED) is 0.654. The second kappa shape index (κ2) is 6.24. The molecule has 2 heterocycles. The first kappa shape index (κ1) is 15.9. The van der Waals surface area contributed by atoms with E-state index in [9.17, 15) is 4.79 Å². The molecule has 0 aliphatic rings. The Kier molecular flexibility index (Phi) is 4.31. The molecule has 3 rings (SSSR count). The van der Waals surface area contributed by atoms with Crippen molar-refractivity contribution in [2.45, 2.75) is 26.4 Å². The lowest BCUT2D eigenvalue weighted by Gasteiger charge is -2.23. The van der Waals surface area contributed by atoms with E-state index < -0.39 is 0 Å². The fourth-order valence-electron chi connectivity index (χ4n) is 2.67. The highest BCUT2D eigenvalue weighted by atomic mass is 79.9. The number of hydrogen-bond donors (Lipinski definition) is 0. The van der Waals surface area contributed by atoms with Crippen LogP contribution in [-0.2, 0) is 6.54 Å². The van der Waals surface area contributed by atoms with E-state index in [2.05, 4.69) is 15.9 Å². The maximum Gasteiger partial charge on any atom is 0.270 e. The number of para-hydroxylation sites is 1. The van der Waals surface area contributed by atoms with Gasteiger partial charge in [0.05, 0.1) is 6.04 Å². The van der Waals surface area contributed by atoms with Crippen LogP contribution < -0.4 is 0 Å².